The van der Waals surface area contributed by atoms with Gasteiger partial charge >= 0.3 is 5.97 Å². The first-order valence-electron chi connectivity index (χ1n) is 14.7. The molecule has 1 spiro atoms. The molecule has 2 aliphatic heterocycles. The van der Waals surface area contributed by atoms with Crippen molar-refractivity contribution in [2.45, 2.75) is 109 Å². The zero-order valence-corrected chi connectivity index (χ0v) is 26.7. The van der Waals surface area contributed by atoms with Gasteiger partial charge in [-0.05, 0) is 56.3 Å². The van der Waals surface area contributed by atoms with Crippen LogP contribution in [0.1, 0.15) is 61.3 Å². The number of Topliss-reactive ketones (excluding diaryl/α,β-unsaturated/α-hetero) is 1. The van der Waals surface area contributed by atoms with Crippen LogP contribution in [0.3, 0.4) is 0 Å². The fraction of sp³-hybridized carbons (Fsp3) is 0.750. The molecule has 1 saturated carbocycles. The van der Waals surface area contributed by atoms with Gasteiger partial charge in [-0.1, -0.05) is 58.9 Å². The molecule has 39 heavy (non-hydrogen) atoms. The summed E-state index contributed by atoms with van der Waals surface area (Å²) < 4.78 is 25.8. The van der Waals surface area contributed by atoms with Gasteiger partial charge in [0, 0.05) is 30.8 Å². The number of rotatable bonds is 6. The fourth-order valence-corrected chi connectivity index (χ4v) is 8.87. The lowest BCUT2D eigenvalue weighted by atomic mass is 9.56. The van der Waals surface area contributed by atoms with Crippen LogP contribution in [-0.4, -0.2) is 57.2 Å². The van der Waals surface area contributed by atoms with E-state index in [0.29, 0.717) is 6.42 Å². The Balaban J connectivity index is 1.79. The van der Waals surface area contributed by atoms with Gasteiger partial charge in [0.05, 0.1) is 18.1 Å². The minimum atomic E-state index is -2.12. The highest BCUT2D eigenvalue weighted by Gasteiger charge is 2.68. The topological polar surface area (TPSA) is 71.1 Å². The highest BCUT2D eigenvalue weighted by Crippen LogP contribution is 2.61. The molecule has 2 aliphatic carbocycles. The maximum atomic E-state index is 14.0. The van der Waals surface area contributed by atoms with E-state index in [1.807, 2.05) is 19.9 Å². The molecule has 2 fully saturated rings. The summed E-state index contributed by atoms with van der Waals surface area (Å²) in [5, 5.41) is 0.0230. The van der Waals surface area contributed by atoms with E-state index in [9.17, 15) is 9.59 Å². The molecule has 218 valence electrons. The molecule has 1 unspecified atom stereocenters. The van der Waals surface area contributed by atoms with Crippen molar-refractivity contribution in [2.75, 3.05) is 7.11 Å². The van der Waals surface area contributed by atoms with Crippen LogP contribution < -0.4 is 0 Å². The lowest BCUT2D eigenvalue weighted by molar-refractivity contribution is -0.171. The molecule has 0 N–H and O–H groups in total. The van der Waals surface area contributed by atoms with E-state index >= 15 is 0 Å². The van der Waals surface area contributed by atoms with Crippen molar-refractivity contribution in [1.29, 1.82) is 0 Å². The molecule has 1 saturated heterocycles. The van der Waals surface area contributed by atoms with Crippen molar-refractivity contribution >= 4 is 20.1 Å². The van der Waals surface area contributed by atoms with Crippen LogP contribution in [-0.2, 0) is 28.2 Å². The average Bonchev–Trinajstić information content (AvgIpc) is 3.04. The molecule has 7 heteroatoms. The first kappa shape index (κ1) is 30.4. The quantitative estimate of drug-likeness (QED) is 0.217. The van der Waals surface area contributed by atoms with Gasteiger partial charge in [0.15, 0.2) is 14.4 Å². The molecular weight excluding hydrogens is 508 g/mol. The van der Waals surface area contributed by atoms with Crippen LogP contribution in [0.4, 0.5) is 0 Å². The Hall–Kier alpha value is -1.54. The molecule has 0 aromatic heterocycles. The number of methoxy groups -OCH3 is 1. The number of ketones is 1. The van der Waals surface area contributed by atoms with Crippen LogP contribution in [0.2, 0.25) is 18.1 Å². The number of carbonyl (C=O) groups is 2. The van der Waals surface area contributed by atoms with E-state index in [4.69, 9.17) is 18.6 Å². The number of allylic oxidation sites excluding steroid dienone is 1. The van der Waals surface area contributed by atoms with Crippen molar-refractivity contribution < 1.29 is 28.2 Å². The number of carbonyl (C=O) groups excluding carboxylic acids is 2. The van der Waals surface area contributed by atoms with E-state index in [2.05, 4.69) is 72.5 Å². The van der Waals surface area contributed by atoms with Crippen LogP contribution in [0, 0.1) is 35.5 Å². The second kappa shape index (κ2) is 10.7. The van der Waals surface area contributed by atoms with Gasteiger partial charge in [-0.15, -0.1) is 6.58 Å². The number of esters is 1. The maximum absolute atomic E-state index is 14.0. The Kier molecular flexibility index (Phi) is 8.34. The van der Waals surface area contributed by atoms with Crippen molar-refractivity contribution in [3.8, 4) is 0 Å². The summed E-state index contributed by atoms with van der Waals surface area (Å²) in [6, 6.07) is 0. The third-order valence-electron chi connectivity index (χ3n) is 10.6. The molecule has 2 heterocycles. The van der Waals surface area contributed by atoms with E-state index in [1.54, 1.807) is 7.11 Å². The fourth-order valence-electron chi connectivity index (χ4n) is 7.45. The molecule has 4 bridgehead atoms. The van der Waals surface area contributed by atoms with Crippen LogP contribution in [0.25, 0.3) is 0 Å². The molecule has 0 aromatic carbocycles. The molecule has 6 nitrogen and oxygen atoms in total. The zero-order chi connectivity index (χ0) is 29.1. The van der Waals surface area contributed by atoms with Gasteiger partial charge in [-0.25, -0.2) is 4.79 Å². The van der Waals surface area contributed by atoms with Crippen molar-refractivity contribution in [1.82, 2.24) is 0 Å². The highest BCUT2D eigenvalue weighted by atomic mass is 28.4. The highest BCUT2D eigenvalue weighted by molar-refractivity contribution is 6.74. The monoisotopic (exact) mass is 558 g/mol. The predicted molar refractivity (Wildman–Crippen MR) is 156 cm³/mol. The summed E-state index contributed by atoms with van der Waals surface area (Å²) >= 11 is 0. The molecule has 0 aromatic rings. The Morgan fingerprint density at radius 3 is 2.49 bits per heavy atom. The minimum Gasteiger partial charge on any atom is -0.457 e. The summed E-state index contributed by atoms with van der Waals surface area (Å²) in [5.74, 6) is -0.710. The first-order valence-corrected chi connectivity index (χ1v) is 17.6. The molecule has 11 atom stereocenters. The third-order valence-corrected chi connectivity index (χ3v) is 15.2. The Morgan fingerprint density at radius 1 is 1.23 bits per heavy atom. The van der Waals surface area contributed by atoms with Crippen molar-refractivity contribution in [3.05, 3.63) is 36.5 Å². The predicted octanol–water partition coefficient (Wildman–Crippen LogP) is 6.28. The van der Waals surface area contributed by atoms with Gasteiger partial charge in [0.1, 0.15) is 17.5 Å². The Morgan fingerprint density at radius 2 is 1.90 bits per heavy atom. The van der Waals surface area contributed by atoms with Crippen LogP contribution >= 0.6 is 0 Å². The summed E-state index contributed by atoms with van der Waals surface area (Å²) in [6.45, 7) is 23.2. The second-order valence-corrected chi connectivity index (χ2v) is 18.7. The third kappa shape index (κ3) is 4.96. The van der Waals surface area contributed by atoms with Crippen LogP contribution in [0.5, 0.6) is 0 Å². The zero-order valence-electron chi connectivity index (χ0n) is 25.7. The lowest BCUT2D eigenvalue weighted by Gasteiger charge is -2.46. The molecule has 4 aliphatic rings. The summed E-state index contributed by atoms with van der Waals surface area (Å²) in [4.78, 5) is 27.6. The van der Waals surface area contributed by atoms with Gasteiger partial charge in [-0.2, -0.15) is 0 Å². The number of hydrogen-bond donors (Lipinski definition) is 0. The van der Waals surface area contributed by atoms with E-state index < -0.39 is 26.1 Å². The molecular formula is C32H50O6Si. The van der Waals surface area contributed by atoms with E-state index in [-0.39, 0.29) is 64.5 Å². The largest absolute Gasteiger partial charge is 0.457 e. The maximum Gasteiger partial charge on any atom is 0.335 e. The molecule has 0 radical (unpaired) electrons. The average molecular weight is 559 g/mol. The Labute approximate surface area is 236 Å². The minimum absolute atomic E-state index is 0.0230. The summed E-state index contributed by atoms with van der Waals surface area (Å²) in [5.41, 5.74) is 0.237. The van der Waals surface area contributed by atoms with E-state index in [1.165, 1.54) is 0 Å². The lowest BCUT2D eigenvalue weighted by Crippen LogP contribution is -2.54. The van der Waals surface area contributed by atoms with Gasteiger partial charge in [0.25, 0.3) is 0 Å². The Bertz CT molecular complexity index is 1040. The smallest absolute Gasteiger partial charge is 0.335 e. The molecule has 0 amide bonds. The normalized spacial score (nSPS) is 42.7. The number of cyclic esters (lactones) is 1. The van der Waals surface area contributed by atoms with Gasteiger partial charge in [0.2, 0.25) is 0 Å². The number of ether oxygens (including phenoxy) is 3. The van der Waals surface area contributed by atoms with E-state index in [0.717, 1.165) is 12.0 Å². The van der Waals surface area contributed by atoms with Crippen LogP contribution in [0.15, 0.2) is 36.5 Å². The van der Waals surface area contributed by atoms with Crippen molar-refractivity contribution in [3.63, 3.8) is 0 Å². The van der Waals surface area contributed by atoms with Crippen molar-refractivity contribution in [2.24, 2.45) is 35.5 Å². The standard InChI is InChI=1S/C32H50O6Si/c1-12-13-23-20(4)27(33)26-24-15-14-22-17-25(35-9)30(34)36-28(21(5)38-39(10,11)31(6,7)8)18(2)16-19(3)32(22,26)37-29(23)24/h12,14-16,18,20-26,28-29H,1,13,17H2,2-11H3/b19-16+/t18-,20?,21-,22-,23-,24-,25+,26+,28+,29+,32+/m1/s1. The second-order valence-electron chi connectivity index (χ2n) is 14.0. The van der Waals surface area contributed by atoms with Gasteiger partial charge in [-0.3, -0.25) is 4.79 Å². The molecule has 4 rings (SSSR count). The first-order chi connectivity index (χ1) is 18.1. The summed E-state index contributed by atoms with van der Waals surface area (Å²) in [7, 11) is -0.567. The van der Waals surface area contributed by atoms with Gasteiger partial charge < -0.3 is 18.6 Å². The summed E-state index contributed by atoms with van der Waals surface area (Å²) in [6.07, 6.45) is 7.92. The number of hydrogen-bond acceptors (Lipinski definition) is 6. The SMILES string of the molecule is C=CC[C@@H]1C(C)C(=O)[C@@H]2[C@H]3C=C[C@@H]4C[C@H](OC)C(=O)O[C@H]([C@@H](C)O[Si](C)(C)C(C)(C)C)[C@H](C)/C=C(\C)[C@]42O[C@H]31.